The summed E-state index contributed by atoms with van der Waals surface area (Å²) in [7, 11) is -3.62. The second kappa shape index (κ2) is 8.54. The van der Waals surface area contributed by atoms with E-state index in [1.54, 1.807) is 18.2 Å². The van der Waals surface area contributed by atoms with E-state index in [4.69, 9.17) is 25.9 Å². The summed E-state index contributed by atoms with van der Waals surface area (Å²) in [5, 5.41) is 8.44. The van der Waals surface area contributed by atoms with Gasteiger partial charge in [-0.15, -0.1) is 5.10 Å². The molecule has 4 rings (SSSR count). The van der Waals surface area contributed by atoms with Gasteiger partial charge < -0.3 is 14.3 Å². The van der Waals surface area contributed by atoms with Gasteiger partial charge in [0.15, 0.2) is 6.61 Å². The first kappa shape index (κ1) is 19.9. The molecule has 0 unspecified atom stereocenters. The van der Waals surface area contributed by atoms with E-state index in [-0.39, 0.29) is 18.1 Å². The molecule has 0 bridgehead atoms. The second-order valence-electron chi connectivity index (χ2n) is 6.24. The number of sulfonamides is 1. The molecule has 0 atom stereocenters. The number of hydrogen-bond donors (Lipinski definition) is 0. The van der Waals surface area contributed by atoms with Crippen molar-refractivity contribution in [3.05, 3.63) is 47.5 Å². The fraction of sp³-hybridized carbons (Fsp3) is 0.333. The first-order valence-corrected chi connectivity index (χ1v) is 10.8. The number of ether oxygens (including phenoxy) is 2. The summed E-state index contributed by atoms with van der Waals surface area (Å²) in [6.07, 6.45) is 0. The summed E-state index contributed by atoms with van der Waals surface area (Å²) >= 11 is 6.04. The lowest BCUT2D eigenvalue weighted by atomic mass is 10.3. The average Bonchev–Trinajstić information content (AvgIpc) is 3.15. The molecule has 0 N–H and O–H groups in total. The molecule has 1 fully saturated rings. The minimum absolute atomic E-state index is 0.159. The van der Waals surface area contributed by atoms with Crippen LogP contribution < -0.4 is 9.57 Å². The fourth-order valence-corrected chi connectivity index (χ4v) is 4.53. The van der Waals surface area contributed by atoms with Gasteiger partial charge in [-0.25, -0.2) is 8.42 Å². The smallest absolute Gasteiger partial charge is 0.243 e. The first-order chi connectivity index (χ1) is 14.1. The number of para-hydroxylation sites is 1. The van der Waals surface area contributed by atoms with Crippen LogP contribution in [-0.2, 0) is 14.8 Å². The Kier molecular flexibility index (Phi) is 5.86. The number of aromatic nitrogens is 3. The van der Waals surface area contributed by atoms with Gasteiger partial charge in [-0.05, 0) is 35.5 Å². The lowest BCUT2D eigenvalue weighted by molar-refractivity contribution is 0.0639. The monoisotopic (exact) mass is 438 g/mol. The van der Waals surface area contributed by atoms with Crippen LogP contribution in [0.5, 0.6) is 5.75 Å². The van der Waals surface area contributed by atoms with Crippen molar-refractivity contribution in [1.82, 2.24) is 19.5 Å². The van der Waals surface area contributed by atoms with Gasteiger partial charge in [-0.2, -0.15) is 4.31 Å². The summed E-state index contributed by atoms with van der Waals surface area (Å²) in [6.45, 7) is 1.83. The highest BCUT2D eigenvalue weighted by molar-refractivity contribution is 7.89. The number of rotatable bonds is 7. The third-order valence-corrected chi connectivity index (χ3v) is 6.59. The van der Waals surface area contributed by atoms with Crippen molar-refractivity contribution in [3.63, 3.8) is 0 Å². The lowest BCUT2D eigenvalue weighted by Gasteiger charge is -2.26. The van der Waals surface area contributed by atoms with E-state index in [1.165, 1.54) is 21.3 Å². The molecule has 1 aliphatic rings. The Morgan fingerprint density at radius 3 is 2.69 bits per heavy atom. The minimum atomic E-state index is -3.62. The normalized spacial score (nSPS) is 15.5. The van der Waals surface area contributed by atoms with Gasteiger partial charge in [0.2, 0.25) is 10.0 Å². The van der Waals surface area contributed by atoms with E-state index in [1.807, 2.05) is 12.1 Å². The van der Waals surface area contributed by atoms with Gasteiger partial charge in [0.05, 0.1) is 23.1 Å². The molecule has 2 heterocycles. The van der Waals surface area contributed by atoms with Crippen molar-refractivity contribution in [3.8, 4) is 5.75 Å². The third-order valence-electron chi connectivity index (χ3n) is 4.39. The topological polar surface area (TPSA) is 95.8 Å². The van der Waals surface area contributed by atoms with Crippen LogP contribution in [0.2, 0.25) is 5.02 Å². The zero-order chi connectivity index (χ0) is 20.3. The standard InChI is InChI=1S/C18H19ClN4O5S/c19-15-3-1-2-4-18(15)27-11-12-28-23-17-13-14(5-6-16(17)20-21-23)29(24,25)22-7-9-26-10-8-22/h1-6,13H,7-12H2. The first-order valence-electron chi connectivity index (χ1n) is 9.00. The molecule has 29 heavy (non-hydrogen) atoms. The van der Waals surface area contributed by atoms with Gasteiger partial charge >= 0.3 is 0 Å². The van der Waals surface area contributed by atoms with E-state index < -0.39 is 10.0 Å². The molecule has 0 amide bonds. The molecule has 154 valence electrons. The Hall–Kier alpha value is -2.40. The molecule has 2 aromatic carbocycles. The maximum Gasteiger partial charge on any atom is 0.243 e. The van der Waals surface area contributed by atoms with Crippen molar-refractivity contribution in [2.24, 2.45) is 0 Å². The van der Waals surface area contributed by atoms with Crippen molar-refractivity contribution >= 4 is 32.7 Å². The summed E-state index contributed by atoms with van der Waals surface area (Å²) in [5.41, 5.74) is 0.982. The number of halogens is 1. The van der Waals surface area contributed by atoms with Crippen LogP contribution >= 0.6 is 11.6 Å². The van der Waals surface area contributed by atoms with E-state index in [2.05, 4.69) is 10.3 Å². The molecule has 1 aliphatic heterocycles. The third kappa shape index (κ3) is 4.30. The maximum atomic E-state index is 12.9. The minimum Gasteiger partial charge on any atom is -0.488 e. The predicted octanol–water partition coefficient (Wildman–Crippen LogP) is 1.61. The van der Waals surface area contributed by atoms with Crippen LogP contribution in [0.4, 0.5) is 0 Å². The van der Waals surface area contributed by atoms with Crippen LogP contribution in [-0.4, -0.2) is 67.4 Å². The van der Waals surface area contributed by atoms with Crippen LogP contribution in [0.1, 0.15) is 0 Å². The largest absolute Gasteiger partial charge is 0.488 e. The molecular weight excluding hydrogens is 420 g/mol. The lowest BCUT2D eigenvalue weighted by Crippen LogP contribution is -2.40. The number of benzene rings is 2. The van der Waals surface area contributed by atoms with Crippen LogP contribution in [0.3, 0.4) is 0 Å². The molecule has 3 aromatic rings. The zero-order valence-electron chi connectivity index (χ0n) is 15.4. The quantitative estimate of drug-likeness (QED) is 0.517. The van der Waals surface area contributed by atoms with E-state index >= 15 is 0 Å². The molecule has 1 saturated heterocycles. The predicted molar refractivity (Wildman–Crippen MR) is 105 cm³/mol. The van der Waals surface area contributed by atoms with Crippen molar-refractivity contribution in [1.29, 1.82) is 0 Å². The summed E-state index contributed by atoms with van der Waals surface area (Å²) < 4.78 is 37.9. The van der Waals surface area contributed by atoms with Gasteiger partial charge in [-0.1, -0.05) is 28.6 Å². The Morgan fingerprint density at radius 1 is 1.10 bits per heavy atom. The van der Waals surface area contributed by atoms with Crippen LogP contribution in [0.25, 0.3) is 11.0 Å². The van der Waals surface area contributed by atoms with Crippen LogP contribution in [0.15, 0.2) is 47.4 Å². The van der Waals surface area contributed by atoms with Gasteiger partial charge in [0.25, 0.3) is 0 Å². The molecule has 1 aromatic heterocycles. The summed E-state index contributed by atoms with van der Waals surface area (Å²) in [4.78, 5) is 6.94. The molecular formula is C18H19ClN4O5S. The van der Waals surface area contributed by atoms with Crippen molar-refractivity contribution in [2.45, 2.75) is 4.90 Å². The molecule has 0 radical (unpaired) electrons. The van der Waals surface area contributed by atoms with Crippen molar-refractivity contribution < 1.29 is 22.7 Å². The molecule has 0 saturated carbocycles. The Balaban J connectivity index is 1.46. The highest BCUT2D eigenvalue weighted by atomic mass is 35.5. The fourth-order valence-electron chi connectivity index (χ4n) is 2.91. The number of morpholine rings is 1. The Morgan fingerprint density at radius 2 is 1.90 bits per heavy atom. The van der Waals surface area contributed by atoms with Gasteiger partial charge in [0.1, 0.15) is 23.4 Å². The Labute approximate surface area is 172 Å². The molecule has 0 spiro atoms. The second-order valence-corrected chi connectivity index (χ2v) is 8.59. The number of nitrogens with zero attached hydrogens (tertiary/aromatic N) is 4. The van der Waals surface area contributed by atoms with Gasteiger partial charge in [0, 0.05) is 13.1 Å². The van der Waals surface area contributed by atoms with E-state index in [0.29, 0.717) is 48.1 Å². The molecule has 11 heteroatoms. The van der Waals surface area contributed by atoms with Crippen molar-refractivity contribution in [2.75, 3.05) is 39.5 Å². The number of fused-ring (bicyclic) bond motifs is 1. The van der Waals surface area contributed by atoms with Gasteiger partial charge in [-0.3, -0.25) is 0 Å². The Bertz CT molecular complexity index is 1100. The highest BCUT2D eigenvalue weighted by Crippen LogP contribution is 2.23. The zero-order valence-corrected chi connectivity index (χ0v) is 17.0. The average molecular weight is 439 g/mol. The SMILES string of the molecule is O=S(=O)(c1ccc2nnn(OCCOc3ccccc3Cl)c2c1)N1CCOCC1. The molecule has 9 nitrogen and oxygen atoms in total. The van der Waals surface area contributed by atoms with E-state index in [0.717, 1.165) is 0 Å². The number of hydrogen-bond acceptors (Lipinski definition) is 7. The molecule has 0 aliphatic carbocycles. The van der Waals surface area contributed by atoms with E-state index in [9.17, 15) is 8.42 Å². The summed E-state index contributed by atoms with van der Waals surface area (Å²) in [6, 6.07) is 11.8. The maximum absolute atomic E-state index is 12.9. The van der Waals surface area contributed by atoms with Crippen LogP contribution in [0, 0.1) is 0 Å². The highest BCUT2D eigenvalue weighted by Gasteiger charge is 2.27. The summed E-state index contributed by atoms with van der Waals surface area (Å²) in [5.74, 6) is 0.556.